The first-order valence-electron chi connectivity index (χ1n) is 6.98. The zero-order valence-corrected chi connectivity index (χ0v) is 12.5. The molecule has 106 valence electrons. The fraction of sp³-hybridized carbons (Fsp3) is 0.235. The van der Waals surface area contributed by atoms with Gasteiger partial charge in [0.15, 0.2) is 0 Å². The molecule has 3 rings (SSSR count). The van der Waals surface area contributed by atoms with Gasteiger partial charge in [-0.25, -0.2) is 4.98 Å². The third-order valence-corrected chi connectivity index (χ3v) is 3.26. The van der Waals surface area contributed by atoms with Crippen LogP contribution in [0.5, 0.6) is 0 Å². The topological polar surface area (TPSA) is 50.7 Å². The summed E-state index contributed by atoms with van der Waals surface area (Å²) >= 11 is 0. The van der Waals surface area contributed by atoms with Crippen LogP contribution < -0.4 is 5.32 Å². The molecule has 0 aliphatic carbocycles. The Morgan fingerprint density at radius 1 is 0.905 bits per heavy atom. The van der Waals surface area contributed by atoms with Gasteiger partial charge in [0.1, 0.15) is 5.82 Å². The molecule has 0 aromatic carbocycles. The first kappa shape index (κ1) is 13.5. The van der Waals surface area contributed by atoms with Gasteiger partial charge in [0.2, 0.25) is 0 Å². The van der Waals surface area contributed by atoms with Crippen LogP contribution >= 0.6 is 0 Å². The summed E-state index contributed by atoms with van der Waals surface area (Å²) in [6, 6.07) is 11.8. The lowest BCUT2D eigenvalue weighted by Gasteiger charge is -2.18. The van der Waals surface area contributed by atoms with Gasteiger partial charge in [0.05, 0.1) is 11.0 Å². The zero-order valence-electron chi connectivity index (χ0n) is 12.5. The Labute approximate surface area is 124 Å². The van der Waals surface area contributed by atoms with Gasteiger partial charge in [0, 0.05) is 29.2 Å². The van der Waals surface area contributed by atoms with Crippen molar-refractivity contribution in [3.8, 4) is 0 Å². The van der Waals surface area contributed by atoms with Crippen molar-refractivity contribution < 1.29 is 0 Å². The highest BCUT2D eigenvalue weighted by atomic mass is 15.0. The number of hydrogen-bond donors (Lipinski definition) is 1. The van der Waals surface area contributed by atoms with E-state index in [9.17, 15) is 0 Å². The molecule has 3 heterocycles. The number of hydrogen-bond acceptors (Lipinski definition) is 4. The molecule has 3 aromatic rings. The fourth-order valence-corrected chi connectivity index (χ4v) is 2.09. The standard InChI is InChI=1S/C17H18N4/c1-17(2,3)15-11-12(8-10-19-15)20-16-7-6-13-14(21-16)5-4-9-18-13/h4-11H,1-3H3,(H,19,20,21). The second-order valence-corrected chi connectivity index (χ2v) is 6.04. The van der Waals surface area contributed by atoms with E-state index in [-0.39, 0.29) is 5.41 Å². The Kier molecular flexibility index (Phi) is 3.29. The van der Waals surface area contributed by atoms with Crippen molar-refractivity contribution in [2.45, 2.75) is 26.2 Å². The van der Waals surface area contributed by atoms with Gasteiger partial charge in [-0.05, 0) is 36.4 Å². The zero-order chi connectivity index (χ0) is 14.9. The average molecular weight is 278 g/mol. The maximum atomic E-state index is 4.57. The summed E-state index contributed by atoms with van der Waals surface area (Å²) in [5.41, 5.74) is 3.85. The van der Waals surface area contributed by atoms with Crippen molar-refractivity contribution in [2.75, 3.05) is 5.32 Å². The lowest BCUT2D eigenvalue weighted by molar-refractivity contribution is 0.569. The van der Waals surface area contributed by atoms with E-state index in [2.05, 4.69) is 47.1 Å². The van der Waals surface area contributed by atoms with E-state index in [0.29, 0.717) is 0 Å². The number of fused-ring (bicyclic) bond motifs is 1. The Hall–Kier alpha value is -2.49. The number of anilines is 2. The lowest BCUT2D eigenvalue weighted by atomic mass is 9.91. The summed E-state index contributed by atoms with van der Waals surface area (Å²) < 4.78 is 0. The first-order chi connectivity index (χ1) is 10.0. The summed E-state index contributed by atoms with van der Waals surface area (Å²) in [7, 11) is 0. The quantitative estimate of drug-likeness (QED) is 0.767. The predicted octanol–water partition coefficient (Wildman–Crippen LogP) is 4.07. The van der Waals surface area contributed by atoms with Gasteiger partial charge < -0.3 is 5.32 Å². The molecular formula is C17H18N4. The molecule has 21 heavy (non-hydrogen) atoms. The Morgan fingerprint density at radius 2 is 1.76 bits per heavy atom. The minimum absolute atomic E-state index is 0.0262. The van der Waals surface area contributed by atoms with E-state index >= 15 is 0 Å². The van der Waals surface area contributed by atoms with Crippen molar-refractivity contribution >= 4 is 22.5 Å². The van der Waals surface area contributed by atoms with Crippen LogP contribution in [0.3, 0.4) is 0 Å². The minimum Gasteiger partial charge on any atom is -0.340 e. The van der Waals surface area contributed by atoms with E-state index in [1.807, 2.05) is 36.5 Å². The van der Waals surface area contributed by atoms with E-state index < -0.39 is 0 Å². The Bertz CT molecular complexity index is 775. The monoisotopic (exact) mass is 278 g/mol. The Balaban J connectivity index is 1.91. The lowest BCUT2D eigenvalue weighted by Crippen LogP contribution is -2.13. The molecule has 0 spiro atoms. The predicted molar refractivity (Wildman–Crippen MR) is 85.8 cm³/mol. The molecule has 0 bridgehead atoms. The molecule has 0 fully saturated rings. The Morgan fingerprint density at radius 3 is 2.57 bits per heavy atom. The molecule has 0 saturated heterocycles. The average Bonchev–Trinajstić information content (AvgIpc) is 2.46. The van der Waals surface area contributed by atoms with Gasteiger partial charge in [-0.3, -0.25) is 9.97 Å². The van der Waals surface area contributed by atoms with Crippen LogP contribution in [0, 0.1) is 0 Å². The molecule has 4 heteroatoms. The van der Waals surface area contributed by atoms with E-state index in [1.54, 1.807) is 6.20 Å². The summed E-state index contributed by atoms with van der Waals surface area (Å²) in [5, 5.41) is 3.33. The van der Waals surface area contributed by atoms with Crippen LogP contribution in [0.4, 0.5) is 11.5 Å². The molecular weight excluding hydrogens is 260 g/mol. The molecule has 4 nitrogen and oxygen atoms in total. The van der Waals surface area contributed by atoms with E-state index in [4.69, 9.17) is 0 Å². The number of nitrogens with one attached hydrogen (secondary N) is 1. The molecule has 0 aliphatic rings. The molecule has 0 aliphatic heterocycles. The van der Waals surface area contributed by atoms with Gasteiger partial charge in [-0.1, -0.05) is 20.8 Å². The number of nitrogens with zero attached hydrogens (tertiary/aromatic N) is 3. The van der Waals surface area contributed by atoms with Crippen molar-refractivity contribution in [3.63, 3.8) is 0 Å². The van der Waals surface area contributed by atoms with Crippen LogP contribution in [0.15, 0.2) is 48.8 Å². The summed E-state index contributed by atoms with van der Waals surface area (Å²) in [6.07, 6.45) is 3.60. The van der Waals surface area contributed by atoms with Crippen LogP contribution in [-0.4, -0.2) is 15.0 Å². The molecule has 0 atom stereocenters. The second-order valence-electron chi connectivity index (χ2n) is 6.04. The molecule has 1 N–H and O–H groups in total. The van der Waals surface area contributed by atoms with Gasteiger partial charge in [-0.15, -0.1) is 0 Å². The van der Waals surface area contributed by atoms with Crippen LogP contribution in [0.25, 0.3) is 11.0 Å². The first-order valence-corrected chi connectivity index (χ1v) is 6.98. The maximum Gasteiger partial charge on any atom is 0.131 e. The minimum atomic E-state index is 0.0262. The SMILES string of the molecule is CC(C)(C)c1cc(Nc2ccc3ncccc3n2)ccn1. The summed E-state index contributed by atoms with van der Waals surface area (Å²) in [5.74, 6) is 0.807. The highest BCUT2D eigenvalue weighted by Gasteiger charge is 2.15. The van der Waals surface area contributed by atoms with Crippen LogP contribution in [-0.2, 0) is 5.41 Å². The number of rotatable bonds is 2. The van der Waals surface area contributed by atoms with Gasteiger partial charge in [-0.2, -0.15) is 0 Å². The van der Waals surface area contributed by atoms with Crippen molar-refractivity contribution in [3.05, 3.63) is 54.5 Å². The van der Waals surface area contributed by atoms with Crippen molar-refractivity contribution in [2.24, 2.45) is 0 Å². The largest absolute Gasteiger partial charge is 0.340 e. The van der Waals surface area contributed by atoms with Crippen LogP contribution in [0.2, 0.25) is 0 Å². The normalized spacial score (nSPS) is 11.6. The molecule has 0 saturated carbocycles. The number of aromatic nitrogens is 3. The third kappa shape index (κ3) is 2.99. The summed E-state index contributed by atoms with van der Waals surface area (Å²) in [6.45, 7) is 6.46. The van der Waals surface area contributed by atoms with Crippen molar-refractivity contribution in [1.29, 1.82) is 0 Å². The maximum absolute atomic E-state index is 4.57. The fourth-order valence-electron chi connectivity index (χ4n) is 2.09. The number of pyridine rings is 3. The van der Waals surface area contributed by atoms with Gasteiger partial charge in [0.25, 0.3) is 0 Å². The highest BCUT2D eigenvalue weighted by Crippen LogP contribution is 2.24. The smallest absolute Gasteiger partial charge is 0.131 e. The van der Waals surface area contributed by atoms with E-state index in [0.717, 1.165) is 28.2 Å². The second kappa shape index (κ2) is 5.13. The van der Waals surface area contributed by atoms with E-state index in [1.165, 1.54) is 0 Å². The third-order valence-electron chi connectivity index (χ3n) is 3.26. The molecule has 0 unspecified atom stereocenters. The van der Waals surface area contributed by atoms with Crippen molar-refractivity contribution in [1.82, 2.24) is 15.0 Å². The highest BCUT2D eigenvalue weighted by molar-refractivity contribution is 5.76. The molecule has 3 aromatic heterocycles. The van der Waals surface area contributed by atoms with Crippen LogP contribution in [0.1, 0.15) is 26.5 Å². The van der Waals surface area contributed by atoms with Gasteiger partial charge >= 0.3 is 0 Å². The summed E-state index contributed by atoms with van der Waals surface area (Å²) in [4.78, 5) is 13.3. The molecule has 0 radical (unpaired) electrons. The molecule has 0 amide bonds.